The summed E-state index contributed by atoms with van der Waals surface area (Å²) in [5, 5.41) is 4.01. The van der Waals surface area contributed by atoms with Crippen molar-refractivity contribution in [1.29, 1.82) is 0 Å². The first-order valence-electron chi connectivity index (χ1n) is 6.50. The molecular weight excluding hydrogens is 262 g/mol. The second kappa shape index (κ2) is 5.57. The molecule has 2 aliphatic rings. The van der Waals surface area contributed by atoms with Crippen molar-refractivity contribution >= 4 is 23.9 Å². The lowest BCUT2D eigenvalue weighted by atomic mass is 9.93. The summed E-state index contributed by atoms with van der Waals surface area (Å²) in [7, 11) is 0. The van der Waals surface area contributed by atoms with Gasteiger partial charge >= 0.3 is 0 Å². The molecule has 19 heavy (non-hydrogen) atoms. The standard InChI is InChI=1S/C13H16ClN5/c14-11-5-2-6-15-12(11)7-19-8-16-13(17-9-19)18-10-3-1-4-10/h2,5-6,8,10H,1,3-4,7,9H2,(H,17,18). The monoisotopic (exact) mass is 277 g/mol. The number of guanidine groups is 1. The minimum Gasteiger partial charge on any atom is -0.352 e. The largest absolute Gasteiger partial charge is 0.352 e. The van der Waals surface area contributed by atoms with E-state index in [0.717, 1.165) is 11.7 Å². The fourth-order valence-electron chi connectivity index (χ4n) is 2.01. The predicted molar refractivity (Wildman–Crippen MR) is 76.4 cm³/mol. The maximum atomic E-state index is 6.09. The zero-order chi connectivity index (χ0) is 13.1. The lowest BCUT2D eigenvalue weighted by molar-refractivity contribution is 0.377. The number of aromatic nitrogens is 1. The van der Waals surface area contributed by atoms with Gasteiger partial charge in [0.05, 0.1) is 23.6 Å². The molecule has 3 rings (SSSR count). The van der Waals surface area contributed by atoms with Gasteiger partial charge in [0.25, 0.3) is 0 Å². The van der Waals surface area contributed by atoms with Crippen LogP contribution in [0.25, 0.3) is 0 Å². The maximum Gasteiger partial charge on any atom is 0.221 e. The molecule has 1 N–H and O–H groups in total. The molecule has 1 aliphatic heterocycles. The molecule has 0 aromatic carbocycles. The minimum atomic E-state index is 0.563. The summed E-state index contributed by atoms with van der Waals surface area (Å²) in [5.41, 5.74) is 0.848. The summed E-state index contributed by atoms with van der Waals surface area (Å²) < 4.78 is 0. The number of halogens is 1. The van der Waals surface area contributed by atoms with Crippen molar-refractivity contribution in [2.75, 3.05) is 6.67 Å². The molecular formula is C13H16ClN5. The van der Waals surface area contributed by atoms with Gasteiger partial charge in [-0.2, -0.15) is 0 Å². The third kappa shape index (κ3) is 3.04. The molecule has 100 valence electrons. The van der Waals surface area contributed by atoms with Crippen molar-refractivity contribution in [2.24, 2.45) is 9.98 Å². The van der Waals surface area contributed by atoms with Crippen molar-refractivity contribution in [1.82, 2.24) is 15.2 Å². The molecule has 2 heterocycles. The van der Waals surface area contributed by atoms with Gasteiger partial charge in [0.1, 0.15) is 6.67 Å². The quantitative estimate of drug-likeness (QED) is 0.920. The van der Waals surface area contributed by atoms with Gasteiger partial charge in [0, 0.05) is 12.2 Å². The van der Waals surface area contributed by atoms with Gasteiger partial charge in [0.2, 0.25) is 5.96 Å². The summed E-state index contributed by atoms with van der Waals surface area (Å²) >= 11 is 6.09. The van der Waals surface area contributed by atoms with Crippen LogP contribution in [0.4, 0.5) is 0 Å². The number of rotatable bonds is 3. The number of hydrogen-bond acceptors (Lipinski definition) is 5. The molecule has 0 spiro atoms. The Kier molecular flexibility index (Phi) is 3.64. The van der Waals surface area contributed by atoms with Crippen molar-refractivity contribution in [3.05, 3.63) is 29.0 Å². The summed E-state index contributed by atoms with van der Waals surface area (Å²) in [6, 6.07) is 4.24. The third-order valence-corrected chi connectivity index (χ3v) is 3.72. The molecule has 1 saturated carbocycles. The second-order valence-electron chi connectivity index (χ2n) is 4.82. The highest BCUT2D eigenvalue weighted by Crippen LogP contribution is 2.18. The van der Waals surface area contributed by atoms with Crippen LogP contribution in [0, 0.1) is 0 Å². The normalized spacial score (nSPS) is 19.0. The highest BCUT2D eigenvalue weighted by atomic mass is 35.5. The average molecular weight is 278 g/mol. The van der Waals surface area contributed by atoms with Crippen LogP contribution in [0.1, 0.15) is 25.0 Å². The van der Waals surface area contributed by atoms with Crippen molar-refractivity contribution in [3.63, 3.8) is 0 Å². The second-order valence-corrected chi connectivity index (χ2v) is 5.23. The molecule has 6 heteroatoms. The Bertz CT molecular complexity index is 510. The molecule has 0 atom stereocenters. The average Bonchev–Trinajstić information content (AvgIpc) is 2.38. The van der Waals surface area contributed by atoms with Crippen molar-refractivity contribution in [2.45, 2.75) is 31.8 Å². The molecule has 1 fully saturated rings. The first kappa shape index (κ1) is 12.4. The Morgan fingerprint density at radius 2 is 2.32 bits per heavy atom. The Hall–Kier alpha value is -1.62. The molecule has 1 aromatic heterocycles. The molecule has 1 aromatic rings. The lowest BCUT2D eigenvalue weighted by Crippen LogP contribution is -2.41. The van der Waals surface area contributed by atoms with Crippen LogP contribution in [0.3, 0.4) is 0 Å². The minimum absolute atomic E-state index is 0.563. The Balaban J connectivity index is 1.55. The Morgan fingerprint density at radius 3 is 2.95 bits per heavy atom. The van der Waals surface area contributed by atoms with Gasteiger partial charge in [-0.05, 0) is 31.4 Å². The van der Waals surface area contributed by atoms with Crippen molar-refractivity contribution < 1.29 is 0 Å². The molecule has 1 aliphatic carbocycles. The van der Waals surface area contributed by atoms with Gasteiger partial charge < -0.3 is 10.2 Å². The zero-order valence-electron chi connectivity index (χ0n) is 10.6. The fraction of sp³-hybridized carbons (Fsp3) is 0.462. The predicted octanol–water partition coefficient (Wildman–Crippen LogP) is 2.03. The molecule has 0 saturated heterocycles. The van der Waals surface area contributed by atoms with E-state index in [-0.39, 0.29) is 0 Å². The Morgan fingerprint density at radius 1 is 1.42 bits per heavy atom. The SMILES string of the molecule is Clc1cccnc1CN1C=NC(NC2CCC2)=NC1. The van der Waals surface area contributed by atoms with Crippen LogP contribution >= 0.6 is 11.6 Å². The van der Waals surface area contributed by atoms with Crippen molar-refractivity contribution in [3.8, 4) is 0 Å². The molecule has 0 radical (unpaired) electrons. The van der Waals surface area contributed by atoms with Crippen LogP contribution in [-0.4, -0.2) is 34.9 Å². The molecule has 0 unspecified atom stereocenters. The van der Waals surface area contributed by atoms with E-state index in [0.29, 0.717) is 24.3 Å². The number of aliphatic imine (C=N–C) groups is 2. The van der Waals surface area contributed by atoms with Gasteiger partial charge in [-0.25, -0.2) is 9.98 Å². The number of pyridine rings is 1. The van der Waals surface area contributed by atoms with Gasteiger partial charge in [-0.3, -0.25) is 4.98 Å². The lowest BCUT2D eigenvalue weighted by Gasteiger charge is -2.28. The highest BCUT2D eigenvalue weighted by molar-refractivity contribution is 6.31. The fourth-order valence-corrected chi connectivity index (χ4v) is 2.19. The van der Waals surface area contributed by atoms with E-state index in [2.05, 4.69) is 20.3 Å². The first-order chi connectivity index (χ1) is 9.31. The zero-order valence-corrected chi connectivity index (χ0v) is 11.3. The van der Waals surface area contributed by atoms with Crippen LogP contribution in [-0.2, 0) is 6.54 Å². The van der Waals surface area contributed by atoms with E-state index in [1.54, 1.807) is 12.5 Å². The number of nitrogens with zero attached hydrogens (tertiary/aromatic N) is 4. The topological polar surface area (TPSA) is 52.9 Å². The highest BCUT2D eigenvalue weighted by Gasteiger charge is 2.19. The molecule has 0 amide bonds. The van der Waals surface area contributed by atoms with E-state index in [1.807, 2.05) is 17.0 Å². The van der Waals surface area contributed by atoms with Gasteiger partial charge in [-0.15, -0.1) is 0 Å². The maximum absolute atomic E-state index is 6.09. The summed E-state index contributed by atoms with van der Waals surface area (Å²) in [4.78, 5) is 15.0. The number of hydrogen-bond donors (Lipinski definition) is 1. The van der Waals surface area contributed by atoms with Crippen LogP contribution in [0.15, 0.2) is 28.3 Å². The smallest absolute Gasteiger partial charge is 0.221 e. The molecule has 0 bridgehead atoms. The summed E-state index contributed by atoms with van der Waals surface area (Å²) in [6.07, 6.45) is 7.30. The summed E-state index contributed by atoms with van der Waals surface area (Å²) in [5.74, 6) is 0.744. The Labute approximate surface area is 117 Å². The third-order valence-electron chi connectivity index (χ3n) is 3.37. The van der Waals surface area contributed by atoms with E-state index < -0.39 is 0 Å². The van der Waals surface area contributed by atoms with E-state index in [9.17, 15) is 0 Å². The first-order valence-corrected chi connectivity index (χ1v) is 6.88. The van der Waals surface area contributed by atoms with E-state index in [4.69, 9.17) is 11.6 Å². The van der Waals surface area contributed by atoms with Crippen LogP contribution < -0.4 is 5.32 Å². The van der Waals surface area contributed by atoms with E-state index in [1.165, 1.54) is 19.3 Å². The van der Waals surface area contributed by atoms with E-state index >= 15 is 0 Å². The van der Waals surface area contributed by atoms with Crippen LogP contribution in [0.5, 0.6) is 0 Å². The van der Waals surface area contributed by atoms with Crippen LogP contribution in [0.2, 0.25) is 5.02 Å². The van der Waals surface area contributed by atoms with Gasteiger partial charge in [0.15, 0.2) is 0 Å². The van der Waals surface area contributed by atoms with Gasteiger partial charge in [-0.1, -0.05) is 11.6 Å². The molecule has 5 nitrogen and oxygen atoms in total. The number of nitrogens with one attached hydrogen (secondary N) is 1. The summed E-state index contributed by atoms with van der Waals surface area (Å²) in [6.45, 7) is 1.22.